The molecule has 0 bridgehead atoms. The van der Waals surface area contributed by atoms with Crippen molar-refractivity contribution in [3.05, 3.63) is 41.3 Å². The molecule has 76 valence electrons. The fraction of sp³-hybridized carbons (Fsp3) is 0.250. The van der Waals surface area contributed by atoms with Crippen LogP contribution in [0.4, 0.5) is 5.69 Å². The van der Waals surface area contributed by atoms with Gasteiger partial charge in [0.2, 0.25) is 5.91 Å². The van der Waals surface area contributed by atoms with E-state index in [4.69, 9.17) is 0 Å². The molecule has 0 saturated heterocycles. The molecule has 2 atom stereocenters. The van der Waals surface area contributed by atoms with Gasteiger partial charge in [-0.2, -0.15) is 0 Å². The van der Waals surface area contributed by atoms with Crippen LogP contribution in [-0.2, 0) is 4.79 Å². The Morgan fingerprint density at radius 1 is 1.33 bits per heavy atom. The molecule has 2 aliphatic heterocycles. The smallest absolute Gasteiger partial charge is 0.241 e. The first-order chi connectivity index (χ1) is 7.29. The number of carbonyl (C=O) groups is 1. The van der Waals surface area contributed by atoms with Crippen LogP contribution in [-0.4, -0.2) is 18.2 Å². The minimum Gasteiger partial charge on any atom is -0.314 e. The molecule has 0 aromatic heterocycles. The van der Waals surface area contributed by atoms with Gasteiger partial charge < -0.3 is 4.90 Å². The molecule has 0 saturated carbocycles. The number of fused-ring (bicyclic) bond motifs is 3. The SMILES string of the molecule is CN1C(=O)[C@H]2SC=C[C@@H]2c2ccccc21. The van der Waals surface area contributed by atoms with Gasteiger partial charge in [0, 0.05) is 18.7 Å². The van der Waals surface area contributed by atoms with Crippen molar-refractivity contribution in [2.45, 2.75) is 11.2 Å². The molecule has 0 spiro atoms. The van der Waals surface area contributed by atoms with E-state index in [-0.39, 0.29) is 17.1 Å². The molecular formula is C12H11NOS. The Morgan fingerprint density at radius 3 is 3.00 bits per heavy atom. The van der Waals surface area contributed by atoms with Gasteiger partial charge in [0.1, 0.15) is 0 Å². The number of anilines is 1. The zero-order valence-electron chi connectivity index (χ0n) is 8.38. The van der Waals surface area contributed by atoms with Crippen LogP contribution in [0.15, 0.2) is 35.7 Å². The quantitative estimate of drug-likeness (QED) is 0.665. The summed E-state index contributed by atoms with van der Waals surface area (Å²) in [7, 11) is 1.86. The second-order valence-corrected chi connectivity index (χ2v) is 4.92. The molecule has 0 aliphatic carbocycles. The highest BCUT2D eigenvalue weighted by Crippen LogP contribution is 2.45. The fourth-order valence-corrected chi connectivity index (χ4v) is 3.37. The third kappa shape index (κ3) is 1.16. The lowest BCUT2D eigenvalue weighted by atomic mass is 9.89. The Balaban J connectivity index is 2.19. The van der Waals surface area contributed by atoms with Gasteiger partial charge in [0.05, 0.1) is 5.25 Å². The van der Waals surface area contributed by atoms with Crippen LogP contribution in [0.2, 0.25) is 0 Å². The highest BCUT2D eigenvalue weighted by Gasteiger charge is 2.39. The van der Waals surface area contributed by atoms with Crippen molar-refractivity contribution in [1.29, 1.82) is 0 Å². The van der Waals surface area contributed by atoms with Crippen LogP contribution in [0.25, 0.3) is 0 Å². The number of hydrogen-bond acceptors (Lipinski definition) is 2. The predicted octanol–water partition coefficient (Wildman–Crippen LogP) is 2.38. The highest BCUT2D eigenvalue weighted by atomic mass is 32.2. The first-order valence-corrected chi connectivity index (χ1v) is 5.92. The molecule has 0 unspecified atom stereocenters. The van der Waals surface area contributed by atoms with Gasteiger partial charge in [-0.1, -0.05) is 24.3 Å². The van der Waals surface area contributed by atoms with E-state index in [1.165, 1.54) is 5.56 Å². The number of allylic oxidation sites excluding steroid dienone is 1. The van der Waals surface area contributed by atoms with Crippen molar-refractivity contribution >= 4 is 23.4 Å². The Hall–Kier alpha value is -1.22. The van der Waals surface area contributed by atoms with Crippen molar-refractivity contribution in [1.82, 2.24) is 0 Å². The van der Waals surface area contributed by atoms with E-state index in [9.17, 15) is 4.79 Å². The number of carbonyl (C=O) groups excluding carboxylic acids is 1. The number of thioether (sulfide) groups is 1. The van der Waals surface area contributed by atoms with Gasteiger partial charge >= 0.3 is 0 Å². The van der Waals surface area contributed by atoms with Crippen LogP contribution in [0.3, 0.4) is 0 Å². The summed E-state index contributed by atoms with van der Waals surface area (Å²) in [4.78, 5) is 13.8. The number of hydrogen-bond donors (Lipinski definition) is 0. The van der Waals surface area contributed by atoms with Crippen molar-refractivity contribution in [2.24, 2.45) is 0 Å². The highest BCUT2D eigenvalue weighted by molar-refractivity contribution is 8.03. The molecule has 2 aliphatic rings. The van der Waals surface area contributed by atoms with Crippen LogP contribution < -0.4 is 4.90 Å². The average molecular weight is 217 g/mol. The zero-order valence-corrected chi connectivity index (χ0v) is 9.20. The van der Waals surface area contributed by atoms with Gasteiger partial charge in [-0.25, -0.2) is 0 Å². The molecule has 3 heteroatoms. The van der Waals surface area contributed by atoms with Crippen molar-refractivity contribution < 1.29 is 4.79 Å². The summed E-state index contributed by atoms with van der Waals surface area (Å²) < 4.78 is 0. The largest absolute Gasteiger partial charge is 0.314 e. The van der Waals surface area contributed by atoms with Crippen LogP contribution in [0, 0.1) is 0 Å². The summed E-state index contributed by atoms with van der Waals surface area (Å²) in [5, 5.41) is 2.10. The first-order valence-electron chi connectivity index (χ1n) is 4.97. The maximum atomic E-state index is 12.0. The van der Waals surface area contributed by atoms with Crippen LogP contribution >= 0.6 is 11.8 Å². The lowest BCUT2D eigenvalue weighted by Gasteiger charge is -2.33. The fourth-order valence-electron chi connectivity index (χ4n) is 2.26. The monoisotopic (exact) mass is 217 g/mol. The maximum absolute atomic E-state index is 12.0. The second kappa shape index (κ2) is 3.14. The van der Waals surface area contributed by atoms with Crippen LogP contribution in [0.5, 0.6) is 0 Å². The van der Waals surface area contributed by atoms with E-state index in [2.05, 4.69) is 12.1 Å². The summed E-state index contributed by atoms with van der Waals surface area (Å²) >= 11 is 1.63. The lowest BCUT2D eigenvalue weighted by molar-refractivity contribution is -0.118. The maximum Gasteiger partial charge on any atom is 0.241 e. The number of amides is 1. The molecule has 2 heterocycles. The van der Waals surface area contributed by atoms with Crippen molar-refractivity contribution in [3.63, 3.8) is 0 Å². The normalized spacial score (nSPS) is 27.8. The standard InChI is InChI=1S/C12H11NOS/c1-13-10-5-3-2-4-8(10)9-6-7-15-11(9)12(13)14/h2-7,9,11H,1H3/t9-,11+/m1/s1. The molecule has 3 rings (SSSR count). The van der Waals surface area contributed by atoms with E-state index in [0.717, 1.165) is 5.69 Å². The van der Waals surface area contributed by atoms with E-state index in [0.29, 0.717) is 0 Å². The van der Waals surface area contributed by atoms with Crippen LogP contribution in [0.1, 0.15) is 11.5 Å². The van der Waals surface area contributed by atoms with Gasteiger partial charge in [-0.05, 0) is 17.0 Å². The van der Waals surface area contributed by atoms with Crippen molar-refractivity contribution in [2.75, 3.05) is 11.9 Å². The second-order valence-electron chi connectivity index (χ2n) is 3.87. The first kappa shape index (κ1) is 9.04. The van der Waals surface area contributed by atoms with Gasteiger partial charge in [-0.3, -0.25) is 4.79 Å². The molecule has 15 heavy (non-hydrogen) atoms. The minimum absolute atomic E-state index is 0.0601. The summed E-state index contributed by atoms with van der Waals surface area (Å²) in [6, 6.07) is 8.15. The van der Waals surface area contributed by atoms with E-state index in [1.54, 1.807) is 16.7 Å². The third-order valence-corrected chi connectivity index (χ3v) is 4.17. The molecule has 1 aromatic rings. The molecular weight excluding hydrogens is 206 g/mol. The molecule has 2 nitrogen and oxygen atoms in total. The minimum atomic E-state index is 0.0601. The van der Waals surface area contributed by atoms with Crippen molar-refractivity contribution in [3.8, 4) is 0 Å². The van der Waals surface area contributed by atoms with E-state index >= 15 is 0 Å². The zero-order chi connectivity index (χ0) is 10.4. The summed E-state index contributed by atoms with van der Waals surface area (Å²) in [5.41, 5.74) is 2.32. The molecule has 0 radical (unpaired) electrons. The number of para-hydroxylation sites is 1. The molecule has 0 fully saturated rings. The Kier molecular flexibility index (Phi) is 1.89. The van der Waals surface area contributed by atoms with Gasteiger partial charge in [0.25, 0.3) is 0 Å². The number of nitrogens with zero attached hydrogens (tertiary/aromatic N) is 1. The number of benzene rings is 1. The molecule has 0 N–H and O–H groups in total. The summed E-state index contributed by atoms with van der Waals surface area (Å²) in [5.74, 6) is 0.489. The Bertz CT molecular complexity index is 455. The number of rotatable bonds is 0. The third-order valence-electron chi connectivity index (χ3n) is 3.07. The molecule has 1 amide bonds. The molecule has 1 aromatic carbocycles. The summed E-state index contributed by atoms with van der Waals surface area (Å²) in [6.45, 7) is 0. The Labute approximate surface area is 93.0 Å². The van der Waals surface area contributed by atoms with E-state index in [1.807, 2.05) is 30.7 Å². The van der Waals surface area contributed by atoms with Gasteiger partial charge in [-0.15, -0.1) is 11.8 Å². The average Bonchev–Trinajstić information content (AvgIpc) is 2.75. The lowest BCUT2D eigenvalue weighted by Crippen LogP contribution is -2.41. The van der Waals surface area contributed by atoms with E-state index < -0.39 is 0 Å². The summed E-state index contributed by atoms with van der Waals surface area (Å²) in [6.07, 6.45) is 2.14. The Morgan fingerprint density at radius 2 is 2.13 bits per heavy atom. The predicted molar refractivity (Wildman–Crippen MR) is 63.1 cm³/mol. The van der Waals surface area contributed by atoms with Gasteiger partial charge in [0.15, 0.2) is 0 Å². The topological polar surface area (TPSA) is 20.3 Å².